The first kappa shape index (κ1) is 15.5. The second-order valence-electron chi connectivity index (χ2n) is 5.73. The van der Waals surface area contributed by atoms with Crippen LogP contribution in [0.1, 0.15) is 21.9 Å². The topological polar surface area (TPSA) is 113 Å². The third-order valence-electron chi connectivity index (χ3n) is 3.81. The van der Waals surface area contributed by atoms with Gasteiger partial charge < -0.3 is 16.1 Å². The minimum absolute atomic E-state index is 0.162. The van der Waals surface area contributed by atoms with Crippen molar-refractivity contribution in [2.75, 3.05) is 18.9 Å². The van der Waals surface area contributed by atoms with Gasteiger partial charge in [0, 0.05) is 31.6 Å². The first-order valence-corrected chi connectivity index (χ1v) is 8.34. The number of rotatable bonds is 4. The molecular formula is C15H16N8OS. The summed E-state index contributed by atoms with van der Waals surface area (Å²) in [6.07, 6.45) is 5.35. The molecule has 0 aromatic carbocycles. The number of primary amides is 1. The van der Waals surface area contributed by atoms with Gasteiger partial charge in [-0.3, -0.25) is 9.20 Å². The SMILES string of the molecule is Cc1cc(Nc2nc(C(N)=O)cn3c(C4=CN(C)NC4)cnc23)sn1. The van der Waals surface area contributed by atoms with E-state index in [1.165, 1.54) is 11.5 Å². The van der Waals surface area contributed by atoms with E-state index in [9.17, 15) is 4.79 Å². The Kier molecular flexibility index (Phi) is 3.62. The molecule has 4 heterocycles. The minimum Gasteiger partial charge on any atom is -0.364 e. The number of aryl methyl sites for hydroxylation is 1. The van der Waals surface area contributed by atoms with Crippen molar-refractivity contribution in [3.8, 4) is 0 Å². The van der Waals surface area contributed by atoms with Crippen LogP contribution in [0.15, 0.2) is 24.7 Å². The van der Waals surface area contributed by atoms with Gasteiger partial charge in [-0.15, -0.1) is 0 Å². The molecule has 4 N–H and O–H groups in total. The van der Waals surface area contributed by atoms with E-state index in [0.717, 1.165) is 22.0 Å². The number of fused-ring (bicyclic) bond motifs is 1. The molecule has 25 heavy (non-hydrogen) atoms. The lowest BCUT2D eigenvalue weighted by Gasteiger charge is -2.08. The highest BCUT2D eigenvalue weighted by Crippen LogP contribution is 2.26. The number of imidazole rings is 1. The summed E-state index contributed by atoms with van der Waals surface area (Å²) >= 11 is 1.32. The summed E-state index contributed by atoms with van der Waals surface area (Å²) in [7, 11) is 1.92. The van der Waals surface area contributed by atoms with Crippen molar-refractivity contribution in [2.45, 2.75) is 6.92 Å². The monoisotopic (exact) mass is 356 g/mol. The van der Waals surface area contributed by atoms with Crippen LogP contribution in [0, 0.1) is 6.92 Å². The molecule has 3 aromatic rings. The van der Waals surface area contributed by atoms with Crippen LogP contribution in [0.2, 0.25) is 0 Å². The van der Waals surface area contributed by atoms with Gasteiger partial charge in [-0.1, -0.05) is 0 Å². The number of nitrogens with two attached hydrogens (primary N) is 1. The van der Waals surface area contributed by atoms with Crippen molar-refractivity contribution in [3.05, 3.63) is 41.7 Å². The Morgan fingerprint density at radius 1 is 1.48 bits per heavy atom. The molecule has 0 bridgehead atoms. The van der Waals surface area contributed by atoms with Gasteiger partial charge in [0.15, 0.2) is 11.5 Å². The maximum atomic E-state index is 11.7. The Morgan fingerprint density at radius 3 is 2.96 bits per heavy atom. The van der Waals surface area contributed by atoms with Gasteiger partial charge in [-0.05, 0) is 24.5 Å². The first-order valence-electron chi connectivity index (χ1n) is 7.57. The number of hydrogen-bond donors (Lipinski definition) is 3. The van der Waals surface area contributed by atoms with Crippen molar-refractivity contribution in [3.63, 3.8) is 0 Å². The molecule has 0 aliphatic carbocycles. The lowest BCUT2D eigenvalue weighted by atomic mass is 10.2. The van der Waals surface area contributed by atoms with E-state index in [2.05, 4.69) is 25.1 Å². The lowest BCUT2D eigenvalue weighted by Crippen LogP contribution is -2.23. The third-order valence-corrected chi connectivity index (χ3v) is 4.61. The molecule has 1 aliphatic rings. The summed E-state index contributed by atoms with van der Waals surface area (Å²) in [4.78, 5) is 20.5. The number of hydrogen-bond acceptors (Lipinski definition) is 8. The van der Waals surface area contributed by atoms with E-state index in [1.54, 1.807) is 12.4 Å². The summed E-state index contributed by atoms with van der Waals surface area (Å²) in [5.74, 6) is -0.133. The van der Waals surface area contributed by atoms with E-state index < -0.39 is 5.91 Å². The normalized spacial score (nSPS) is 14.2. The fourth-order valence-corrected chi connectivity index (χ4v) is 3.32. The highest BCUT2D eigenvalue weighted by atomic mass is 32.1. The van der Waals surface area contributed by atoms with Crippen molar-refractivity contribution in [1.82, 2.24) is 29.2 Å². The summed E-state index contributed by atoms with van der Waals surface area (Å²) in [6, 6.07) is 1.90. The second kappa shape index (κ2) is 5.83. The molecule has 0 atom stereocenters. The average Bonchev–Trinajstić information content (AvgIpc) is 3.27. The van der Waals surface area contributed by atoms with Crippen molar-refractivity contribution in [2.24, 2.45) is 5.73 Å². The van der Waals surface area contributed by atoms with Crippen LogP contribution >= 0.6 is 11.5 Å². The zero-order valence-corrected chi connectivity index (χ0v) is 14.5. The molecule has 0 saturated carbocycles. The van der Waals surface area contributed by atoms with Gasteiger partial charge in [0.25, 0.3) is 5.91 Å². The van der Waals surface area contributed by atoms with E-state index in [-0.39, 0.29) is 5.69 Å². The Morgan fingerprint density at radius 2 is 2.32 bits per heavy atom. The quantitative estimate of drug-likeness (QED) is 0.642. The molecule has 128 valence electrons. The van der Waals surface area contributed by atoms with Gasteiger partial charge >= 0.3 is 0 Å². The fourth-order valence-electron chi connectivity index (χ4n) is 2.66. The number of carbonyl (C=O) groups is 1. The van der Waals surface area contributed by atoms with Crippen molar-refractivity contribution in [1.29, 1.82) is 0 Å². The molecule has 9 nitrogen and oxygen atoms in total. The average molecular weight is 356 g/mol. The van der Waals surface area contributed by atoms with Crippen LogP contribution in [0.3, 0.4) is 0 Å². The number of anilines is 2. The van der Waals surface area contributed by atoms with Crippen LogP contribution in [0.4, 0.5) is 10.8 Å². The number of carbonyl (C=O) groups excluding carboxylic acids is 1. The number of amides is 1. The maximum absolute atomic E-state index is 11.7. The standard InChI is InChI=1S/C15H16N8OS/c1-8-3-12(25-21-8)20-14-15-17-5-11(9-4-18-22(2)6-9)23(15)7-10(19-14)13(16)24/h3,5-7,18H,4H2,1-2H3,(H2,16,24)(H,19,20). The molecule has 3 aromatic heterocycles. The number of hydrazine groups is 1. The zero-order valence-electron chi connectivity index (χ0n) is 13.6. The number of aromatic nitrogens is 4. The Hall–Kier alpha value is -2.98. The summed E-state index contributed by atoms with van der Waals surface area (Å²) in [5, 5.41) is 5.88. The molecule has 1 amide bonds. The van der Waals surface area contributed by atoms with E-state index >= 15 is 0 Å². The highest BCUT2D eigenvalue weighted by molar-refractivity contribution is 7.10. The Labute approximate surface area is 147 Å². The van der Waals surface area contributed by atoms with Gasteiger partial charge in [0.2, 0.25) is 0 Å². The zero-order chi connectivity index (χ0) is 17.6. The van der Waals surface area contributed by atoms with Crippen molar-refractivity contribution < 1.29 is 4.79 Å². The predicted octanol–water partition coefficient (Wildman–Crippen LogP) is 1.13. The fraction of sp³-hybridized carbons (Fsp3) is 0.200. The van der Waals surface area contributed by atoms with Gasteiger partial charge in [-0.25, -0.2) is 15.4 Å². The number of nitrogens with zero attached hydrogens (tertiary/aromatic N) is 5. The van der Waals surface area contributed by atoms with E-state index in [1.807, 2.05) is 35.6 Å². The molecule has 0 saturated heterocycles. The van der Waals surface area contributed by atoms with Crippen LogP contribution < -0.4 is 16.5 Å². The predicted molar refractivity (Wildman–Crippen MR) is 95.4 cm³/mol. The van der Waals surface area contributed by atoms with Gasteiger partial charge in [0.1, 0.15) is 10.7 Å². The number of nitrogens with one attached hydrogen (secondary N) is 2. The largest absolute Gasteiger partial charge is 0.364 e. The summed E-state index contributed by atoms with van der Waals surface area (Å²) in [6.45, 7) is 2.59. The molecule has 4 rings (SSSR count). The Balaban J connectivity index is 1.86. The van der Waals surface area contributed by atoms with Gasteiger partial charge in [0.05, 0.1) is 17.6 Å². The molecule has 0 spiro atoms. The van der Waals surface area contributed by atoms with Crippen molar-refractivity contribution >= 4 is 39.5 Å². The molecular weight excluding hydrogens is 340 g/mol. The molecule has 1 aliphatic heterocycles. The smallest absolute Gasteiger partial charge is 0.268 e. The lowest BCUT2D eigenvalue weighted by molar-refractivity contribution is 0.0995. The molecule has 0 unspecified atom stereocenters. The molecule has 0 fully saturated rings. The molecule has 10 heteroatoms. The molecule has 0 radical (unpaired) electrons. The van der Waals surface area contributed by atoms with Crippen LogP contribution in [0.5, 0.6) is 0 Å². The van der Waals surface area contributed by atoms with Crippen LogP contribution in [-0.4, -0.2) is 43.3 Å². The first-order chi connectivity index (χ1) is 12.0. The Bertz CT molecular complexity index is 1000. The van der Waals surface area contributed by atoms with E-state index in [4.69, 9.17) is 5.73 Å². The van der Waals surface area contributed by atoms with Crippen LogP contribution in [-0.2, 0) is 0 Å². The minimum atomic E-state index is -0.597. The second-order valence-corrected chi connectivity index (χ2v) is 6.54. The van der Waals surface area contributed by atoms with E-state index in [0.29, 0.717) is 18.0 Å². The third kappa shape index (κ3) is 2.81. The summed E-state index contributed by atoms with van der Waals surface area (Å²) in [5.41, 5.74) is 12.3. The maximum Gasteiger partial charge on any atom is 0.268 e. The summed E-state index contributed by atoms with van der Waals surface area (Å²) < 4.78 is 6.07. The van der Waals surface area contributed by atoms with Gasteiger partial charge in [-0.2, -0.15) is 4.37 Å². The highest BCUT2D eigenvalue weighted by Gasteiger charge is 2.19. The van der Waals surface area contributed by atoms with Crippen LogP contribution in [0.25, 0.3) is 11.2 Å².